The average molecular weight is 708 g/mol. The molecule has 0 saturated carbocycles. The highest BCUT2D eigenvalue weighted by Gasteiger charge is 2.54. The summed E-state index contributed by atoms with van der Waals surface area (Å²) >= 11 is 0. The number of esters is 1. The summed E-state index contributed by atoms with van der Waals surface area (Å²) in [6.45, 7) is 14.1. The Bertz CT molecular complexity index is 1710. The van der Waals surface area contributed by atoms with Crippen molar-refractivity contribution in [2.45, 2.75) is 149 Å². The molecule has 52 heavy (non-hydrogen) atoms. The molecule has 1 aliphatic heterocycles. The van der Waals surface area contributed by atoms with Crippen molar-refractivity contribution in [2.75, 3.05) is 24.6 Å². The molecule has 0 spiro atoms. The lowest BCUT2D eigenvalue weighted by atomic mass is 9.80. The van der Waals surface area contributed by atoms with Crippen LogP contribution in [0.25, 0.3) is 10.9 Å². The van der Waals surface area contributed by atoms with Crippen LogP contribution in [0.4, 0.5) is 5.69 Å². The lowest BCUT2D eigenvalue weighted by molar-refractivity contribution is 0.0237. The first-order valence-corrected chi connectivity index (χ1v) is 20.8. The van der Waals surface area contributed by atoms with E-state index in [1.165, 1.54) is 89.9 Å². The second-order valence-corrected chi connectivity index (χ2v) is 14.7. The number of nitrogens with zero attached hydrogens (tertiary/aromatic N) is 3. The Morgan fingerprint density at radius 1 is 0.750 bits per heavy atom. The second kappa shape index (κ2) is 19.9. The van der Waals surface area contributed by atoms with Gasteiger partial charge in [0, 0.05) is 65.3 Å². The molecule has 0 N–H and O–H groups in total. The molecule has 4 aromatic rings. The third-order valence-electron chi connectivity index (χ3n) is 11.2. The lowest BCUT2D eigenvalue weighted by Crippen LogP contribution is -2.32. The van der Waals surface area contributed by atoms with Crippen LogP contribution < -0.4 is 9.64 Å². The van der Waals surface area contributed by atoms with E-state index < -0.39 is 5.60 Å². The Morgan fingerprint density at radius 3 is 1.98 bits per heavy atom. The highest BCUT2D eigenvalue weighted by Crippen LogP contribution is 2.53. The van der Waals surface area contributed by atoms with Crippen molar-refractivity contribution in [3.63, 3.8) is 0 Å². The zero-order valence-electron chi connectivity index (χ0n) is 33.0. The largest absolute Gasteiger partial charge is 0.493 e. The average Bonchev–Trinajstić information content (AvgIpc) is 3.63. The van der Waals surface area contributed by atoms with Gasteiger partial charge in [0.05, 0.1) is 12.2 Å². The summed E-state index contributed by atoms with van der Waals surface area (Å²) < 4.78 is 15.7. The van der Waals surface area contributed by atoms with Gasteiger partial charge in [-0.25, -0.2) is 4.79 Å². The van der Waals surface area contributed by atoms with Gasteiger partial charge >= 0.3 is 5.97 Å². The molecule has 0 aliphatic carbocycles. The van der Waals surface area contributed by atoms with Gasteiger partial charge in [-0.1, -0.05) is 121 Å². The number of para-hydroxylation sites is 1. The van der Waals surface area contributed by atoms with E-state index in [2.05, 4.69) is 86.6 Å². The lowest BCUT2D eigenvalue weighted by Gasteiger charge is -2.32. The summed E-state index contributed by atoms with van der Waals surface area (Å²) in [6, 6.07) is 18.5. The van der Waals surface area contributed by atoms with E-state index in [-0.39, 0.29) is 5.97 Å². The van der Waals surface area contributed by atoms with Crippen LogP contribution in [0.3, 0.4) is 0 Å². The molecule has 2 aromatic heterocycles. The Balaban J connectivity index is 1.29. The molecule has 1 aliphatic rings. The minimum Gasteiger partial charge on any atom is -0.493 e. The van der Waals surface area contributed by atoms with Crippen molar-refractivity contribution >= 4 is 22.6 Å². The maximum atomic E-state index is 13.7. The molecule has 6 nitrogen and oxygen atoms in total. The minimum absolute atomic E-state index is 0.354. The monoisotopic (exact) mass is 708 g/mol. The van der Waals surface area contributed by atoms with Gasteiger partial charge in [0.1, 0.15) is 11.4 Å². The third kappa shape index (κ3) is 8.86. The Morgan fingerprint density at radius 2 is 1.37 bits per heavy atom. The van der Waals surface area contributed by atoms with Gasteiger partial charge < -0.3 is 18.9 Å². The van der Waals surface area contributed by atoms with E-state index in [9.17, 15) is 4.79 Å². The summed E-state index contributed by atoms with van der Waals surface area (Å²) in [7, 11) is 0. The van der Waals surface area contributed by atoms with Gasteiger partial charge in [-0.3, -0.25) is 4.98 Å². The van der Waals surface area contributed by atoms with Gasteiger partial charge in [-0.2, -0.15) is 0 Å². The minimum atomic E-state index is -1.25. The van der Waals surface area contributed by atoms with Crippen molar-refractivity contribution in [1.82, 2.24) is 9.55 Å². The van der Waals surface area contributed by atoms with Crippen molar-refractivity contribution in [3.05, 3.63) is 88.9 Å². The molecule has 0 radical (unpaired) electrons. The molecule has 0 fully saturated rings. The fraction of sp³-hybridized carbons (Fsp3) is 0.565. The van der Waals surface area contributed by atoms with Gasteiger partial charge in [0.25, 0.3) is 0 Å². The maximum absolute atomic E-state index is 13.7. The molecule has 5 rings (SSSR count). The molecule has 0 bridgehead atoms. The highest BCUT2D eigenvalue weighted by atomic mass is 16.6. The van der Waals surface area contributed by atoms with E-state index in [0.717, 1.165) is 71.6 Å². The SMILES string of the molecule is CCCCCCCCCCCCCCCCCCOc1cc(N(CC)CC)ccc1C1(c2c(C)n(CC)c3ccccc23)OC(=O)c2cccnc21. The van der Waals surface area contributed by atoms with Crippen molar-refractivity contribution in [1.29, 1.82) is 0 Å². The van der Waals surface area contributed by atoms with Crippen molar-refractivity contribution in [3.8, 4) is 5.75 Å². The summed E-state index contributed by atoms with van der Waals surface area (Å²) in [5.74, 6) is 0.400. The number of hydrogen-bond acceptors (Lipinski definition) is 5. The number of anilines is 1. The molecule has 1 atom stereocenters. The number of fused-ring (bicyclic) bond motifs is 2. The summed E-state index contributed by atoms with van der Waals surface area (Å²) in [6.07, 6.45) is 23.2. The number of aryl methyl sites for hydroxylation is 1. The number of rotatable bonds is 24. The number of unbranched alkanes of at least 4 members (excludes halogenated alkanes) is 15. The molecular formula is C46H65N3O3. The number of aromatic nitrogens is 2. The molecule has 282 valence electrons. The maximum Gasteiger partial charge on any atom is 0.341 e. The van der Waals surface area contributed by atoms with Crippen LogP contribution in [-0.4, -0.2) is 35.2 Å². The summed E-state index contributed by atoms with van der Waals surface area (Å²) in [5.41, 5.74) is 4.95. The molecule has 0 amide bonds. The van der Waals surface area contributed by atoms with Gasteiger partial charge in [-0.15, -0.1) is 0 Å². The van der Waals surface area contributed by atoms with E-state index in [1.54, 1.807) is 6.20 Å². The fourth-order valence-electron chi connectivity index (χ4n) is 8.40. The fourth-order valence-corrected chi connectivity index (χ4v) is 8.40. The van der Waals surface area contributed by atoms with E-state index >= 15 is 0 Å². The number of benzene rings is 2. The van der Waals surface area contributed by atoms with Crippen LogP contribution in [0, 0.1) is 6.92 Å². The highest BCUT2D eigenvalue weighted by molar-refractivity contribution is 5.98. The predicted octanol–water partition coefficient (Wildman–Crippen LogP) is 12.3. The van der Waals surface area contributed by atoms with E-state index in [0.29, 0.717) is 17.9 Å². The number of carbonyl (C=O) groups is 1. The number of carbonyl (C=O) groups excluding carboxylic acids is 1. The van der Waals surface area contributed by atoms with Crippen LogP contribution in [0.1, 0.15) is 163 Å². The van der Waals surface area contributed by atoms with Gasteiger partial charge in [0.2, 0.25) is 5.60 Å². The van der Waals surface area contributed by atoms with Crippen molar-refractivity contribution < 1.29 is 14.3 Å². The molecular weight excluding hydrogens is 643 g/mol. The Kier molecular flexibility index (Phi) is 15.1. The van der Waals surface area contributed by atoms with E-state index in [1.807, 2.05) is 12.1 Å². The summed E-state index contributed by atoms with van der Waals surface area (Å²) in [4.78, 5) is 21.0. The summed E-state index contributed by atoms with van der Waals surface area (Å²) in [5, 5.41) is 1.06. The zero-order valence-corrected chi connectivity index (χ0v) is 33.0. The number of hydrogen-bond donors (Lipinski definition) is 0. The predicted molar refractivity (Wildman–Crippen MR) is 217 cm³/mol. The van der Waals surface area contributed by atoms with Crippen LogP contribution in [0.2, 0.25) is 0 Å². The van der Waals surface area contributed by atoms with Crippen LogP contribution >= 0.6 is 0 Å². The van der Waals surface area contributed by atoms with Crippen LogP contribution in [0.5, 0.6) is 5.75 Å². The van der Waals surface area contributed by atoms with Crippen LogP contribution in [0.15, 0.2) is 60.8 Å². The van der Waals surface area contributed by atoms with E-state index in [4.69, 9.17) is 14.5 Å². The molecule has 2 aromatic carbocycles. The quantitative estimate of drug-likeness (QED) is 0.0536. The zero-order chi connectivity index (χ0) is 36.8. The molecule has 3 heterocycles. The normalized spacial score (nSPS) is 15.3. The number of cyclic esters (lactones) is 1. The van der Waals surface area contributed by atoms with Gasteiger partial charge in [0.15, 0.2) is 0 Å². The first-order chi connectivity index (χ1) is 25.5. The van der Waals surface area contributed by atoms with Crippen molar-refractivity contribution in [2.24, 2.45) is 0 Å². The van der Waals surface area contributed by atoms with Gasteiger partial charge in [-0.05, 0) is 64.4 Å². The first-order valence-electron chi connectivity index (χ1n) is 20.8. The molecule has 6 heteroatoms. The number of pyridine rings is 1. The Hall–Kier alpha value is -3.80. The Labute approximate surface area is 314 Å². The molecule has 1 unspecified atom stereocenters. The topological polar surface area (TPSA) is 56.6 Å². The smallest absolute Gasteiger partial charge is 0.341 e. The molecule has 0 saturated heterocycles. The second-order valence-electron chi connectivity index (χ2n) is 14.7. The first kappa shape index (κ1) is 39.4. The third-order valence-corrected chi connectivity index (χ3v) is 11.2. The van der Waals surface area contributed by atoms with Crippen LogP contribution in [-0.2, 0) is 16.9 Å². The standard InChI is InChI=1S/C46H65N3O3/c1-6-10-11-12-13-14-15-16-17-18-19-20-21-22-23-26-34-51-42-35-37(48(7-2)8-3)31-32-40(42)46(44-39(45(50)52-46)29-27-33-47-44)43-36(5)49(9-4)41-30-25-24-28-38(41)43/h24-25,27-33,35H,6-23,26,34H2,1-5H3. The number of ether oxygens (including phenoxy) is 2.